The highest BCUT2D eigenvalue weighted by molar-refractivity contribution is 5.96. The summed E-state index contributed by atoms with van der Waals surface area (Å²) in [4.78, 5) is 2.30. The summed E-state index contributed by atoms with van der Waals surface area (Å²) < 4.78 is 13.1. The van der Waals surface area contributed by atoms with Crippen molar-refractivity contribution in [3.63, 3.8) is 0 Å². The van der Waals surface area contributed by atoms with Crippen LogP contribution in [-0.2, 0) is 5.72 Å². The van der Waals surface area contributed by atoms with Crippen LogP contribution in [0.4, 0.5) is 5.69 Å². The van der Waals surface area contributed by atoms with Gasteiger partial charge in [-0.2, -0.15) is 0 Å². The van der Waals surface area contributed by atoms with Crippen LogP contribution in [0.1, 0.15) is 36.8 Å². The first-order chi connectivity index (χ1) is 13.6. The average Bonchev–Trinajstić information content (AvgIpc) is 2.87. The van der Waals surface area contributed by atoms with Crippen LogP contribution < -0.4 is 14.4 Å². The van der Waals surface area contributed by atoms with Gasteiger partial charge < -0.3 is 14.6 Å². The van der Waals surface area contributed by atoms with Gasteiger partial charge in [0, 0.05) is 12.0 Å². The number of amidine groups is 1. The minimum absolute atomic E-state index is 0.503. The molecule has 1 N–H and O–H groups in total. The number of aryl methyl sites for hydroxylation is 1. The normalized spacial score (nSPS) is 22.1. The van der Waals surface area contributed by atoms with Crippen LogP contribution in [0.5, 0.6) is 11.5 Å². The molecule has 0 aliphatic carbocycles. The molecule has 0 fully saturated rings. The number of ether oxygens (including phenoxy) is 2. The van der Waals surface area contributed by atoms with E-state index >= 15 is 0 Å². The molecular formula is C23H29N2O3+. The maximum atomic E-state index is 12.0. The second-order valence-corrected chi connectivity index (χ2v) is 7.64. The molecule has 2 heterocycles. The molecule has 5 nitrogen and oxygen atoms in total. The third-order valence-electron chi connectivity index (χ3n) is 5.98. The third kappa shape index (κ3) is 3.04. The molecule has 5 heteroatoms. The number of methoxy groups -OCH3 is 2. The van der Waals surface area contributed by atoms with Crippen molar-refractivity contribution < 1.29 is 19.2 Å². The standard InChI is InChI=1S/C23H29N2O3/c1-17-9-6-7-10-19(17)24-16-23(26,25-14-8-4-5-11-22(24)25)18-12-13-20(27-2)21(15-18)28-3/h6-7,9-10,12-13,15,26H,4-5,8,11,14,16H2,1-3H3/q+1/t23-/m1/s1. The van der Waals surface area contributed by atoms with Gasteiger partial charge in [0.15, 0.2) is 18.0 Å². The molecule has 2 aliphatic heterocycles. The highest BCUT2D eigenvalue weighted by Gasteiger charge is 2.52. The van der Waals surface area contributed by atoms with E-state index in [2.05, 4.69) is 40.7 Å². The maximum Gasteiger partial charge on any atom is 0.271 e. The summed E-state index contributed by atoms with van der Waals surface area (Å²) >= 11 is 0. The van der Waals surface area contributed by atoms with Gasteiger partial charge in [-0.3, -0.25) is 0 Å². The van der Waals surface area contributed by atoms with E-state index in [-0.39, 0.29) is 0 Å². The number of aliphatic hydroxyl groups is 1. The zero-order chi connectivity index (χ0) is 19.7. The van der Waals surface area contributed by atoms with Gasteiger partial charge in [-0.15, -0.1) is 0 Å². The monoisotopic (exact) mass is 381 g/mol. The second-order valence-electron chi connectivity index (χ2n) is 7.64. The molecule has 0 saturated heterocycles. The molecule has 0 bridgehead atoms. The van der Waals surface area contributed by atoms with Crippen LogP contribution >= 0.6 is 0 Å². The third-order valence-corrected chi connectivity index (χ3v) is 5.98. The molecule has 2 aromatic carbocycles. The van der Waals surface area contributed by atoms with Crippen molar-refractivity contribution in [1.29, 1.82) is 0 Å². The van der Waals surface area contributed by atoms with Gasteiger partial charge >= 0.3 is 0 Å². The van der Waals surface area contributed by atoms with Crippen molar-refractivity contribution in [1.82, 2.24) is 0 Å². The molecule has 4 rings (SSSR count). The molecule has 1 atom stereocenters. The minimum atomic E-state index is -1.10. The number of hydrogen-bond acceptors (Lipinski definition) is 4. The number of β-amino-alcohol motifs (C(OH)–C–C–N with tert-alkyl or cyclic N) is 1. The fraction of sp³-hybridized carbons (Fsp3) is 0.435. The summed E-state index contributed by atoms with van der Waals surface area (Å²) in [5, 5.41) is 12.0. The summed E-state index contributed by atoms with van der Waals surface area (Å²) in [5.74, 6) is 2.52. The van der Waals surface area contributed by atoms with E-state index < -0.39 is 5.72 Å². The molecule has 0 radical (unpaired) electrons. The second kappa shape index (κ2) is 7.47. The fourth-order valence-corrected chi connectivity index (χ4v) is 4.49. The van der Waals surface area contributed by atoms with Gasteiger partial charge in [0.25, 0.3) is 11.6 Å². The van der Waals surface area contributed by atoms with Gasteiger partial charge in [0.05, 0.1) is 20.8 Å². The summed E-state index contributed by atoms with van der Waals surface area (Å²) in [6.07, 6.45) is 4.39. The van der Waals surface area contributed by atoms with Gasteiger partial charge in [0.1, 0.15) is 5.69 Å². The number of rotatable bonds is 4. The van der Waals surface area contributed by atoms with Crippen LogP contribution in [0, 0.1) is 6.92 Å². The molecule has 0 amide bonds. The minimum Gasteiger partial charge on any atom is -0.493 e. The Kier molecular flexibility index (Phi) is 5.02. The lowest BCUT2D eigenvalue weighted by molar-refractivity contribution is -0.658. The number of hydrogen-bond donors (Lipinski definition) is 1. The Labute approximate surface area is 166 Å². The lowest BCUT2D eigenvalue weighted by atomic mass is 10.0. The van der Waals surface area contributed by atoms with Crippen molar-refractivity contribution in [3.05, 3.63) is 53.6 Å². The van der Waals surface area contributed by atoms with Gasteiger partial charge in [-0.05, 0) is 56.0 Å². The molecule has 0 unspecified atom stereocenters. The van der Waals surface area contributed by atoms with E-state index in [1.54, 1.807) is 14.2 Å². The predicted octanol–water partition coefficient (Wildman–Crippen LogP) is 3.66. The Hall–Kier alpha value is -2.53. The van der Waals surface area contributed by atoms with Gasteiger partial charge in [-0.25, -0.2) is 9.48 Å². The first-order valence-electron chi connectivity index (χ1n) is 10.00. The van der Waals surface area contributed by atoms with E-state index in [0.29, 0.717) is 18.0 Å². The van der Waals surface area contributed by atoms with Crippen LogP contribution in [0.3, 0.4) is 0 Å². The van der Waals surface area contributed by atoms with E-state index in [1.165, 1.54) is 23.5 Å². The van der Waals surface area contributed by atoms with Gasteiger partial charge in [-0.1, -0.05) is 18.2 Å². The Balaban J connectivity index is 1.83. The lowest BCUT2D eigenvalue weighted by Crippen LogP contribution is -2.41. The molecule has 0 spiro atoms. The summed E-state index contributed by atoms with van der Waals surface area (Å²) in [6.45, 7) is 3.48. The van der Waals surface area contributed by atoms with Crippen LogP contribution in [0.25, 0.3) is 0 Å². The zero-order valence-electron chi connectivity index (χ0n) is 16.9. The Morgan fingerprint density at radius 2 is 1.79 bits per heavy atom. The topological polar surface area (TPSA) is 44.9 Å². The molecule has 2 aromatic rings. The number of nitrogens with zero attached hydrogens (tertiary/aromatic N) is 2. The molecule has 0 aromatic heterocycles. The van der Waals surface area contributed by atoms with E-state index in [1.807, 2.05) is 18.2 Å². The van der Waals surface area contributed by atoms with Crippen LogP contribution in [0.2, 0.25) is 0 Å². The quantitative estimate of drug-likeness (QED) is 0.821. The fourth-order valence-electron chi connectivity index (χ4n) is 4.49. The summed E-state index contributed by atoms with van der Waals surface area (Å²) in [5.41, 5.74) is 2.12. The van der Waals surface area contributed by atoms with Crippen LogP contribution in [-0.4, -0.2) is 42.8 Å². The SMILES string of the molecule is COc1ccc([C@]2(O)CN(c3ccccc3C)C3=[N+]2CCCCC3)cc1OC. The molecular weight excluding hydrogens is 352 g/mol. The number of para-hydroxylation sites is 1. The van der Waals surface area contributed by atoms with Crippen molar-refractivity contribution >= 4 is 11.5 Å². The van der Waals surface area contributed by atoms with E-state index in [4.69, 9.17) is 9.47 Å². The van der Waals surface area contributed by atoms with E-state index in [0.717, 1.165) is 31.4 Å². The number of anilines is 1. The zero-order valence-corrected chi connectivity index (χ0v) is 16.9. The first-order valence-corrected chi connectivity index (χ1v) is 10.00. The molecule has 0 saturated carbocycles. The molecule has 148 valence electrons. The van der Waals surface area contributed by atoms with Crippen molar-refractivity contribution in [2.45, 2.75) is 38.3 Å². The van der Waals surface area contributed by atoms with Crippen LogP contribution in [0.15, 0.2) is 42.5 Å². The maximum absolute atomic E-state index is 12.0. The smallest absolute Gasteiger partial charge is 0.271 e. The lowest BCUT2D eigenvalue weighted by Gasteiger charge is -2.24. The number of benzene rings is 2. The van der Waals surface area contributed by atoms with Gasteiger partial charge in [0.2, 0.25) is 0 Å². The highest BCUT2D eigenvalue weighted by Crippen LogP contribution is 2.39. The van der Waals surface area contributed by atoms with E-state index in [9.17, 15) is 5.11 Å². The molecule has 2 aliphatic rings. The first kappa shape index (κ1) is 18.8. The summed E-state index contributed by atoms with van der Waals surface area (Å²) in [7, 11) is 3.26. The van der Waals surface area contributed by atoms with Crippen molar-refractivity contribution in [2.24, 2.45) is 0 Å². The largest absolute Gasteiger partial charge is 0.493 e. The Morgan fingerprint density at radius 1 is 1.00 bits per heavy atom. The summed E-state index contributed by atoms with van der Waals surface area (Å²) in [6, 6.07) is 14.1. The van der Waals surface area contributed by atoms with Crippen molar-refractivity contribution in [2.75, 3.05) is 32.2 Å². The Bertz CT molecular complexity index is 908. The molecule has 28 heavy (non-hydrogen) atoms. The Morgan fingerprint density at radius 3 is 2.54 bits per heavy atom. The highest BCUT2D eigenvalue weighted by atomic mass is 16.5. The predicted molar refractivity (Wildman–Crippen MR) is 111 cm³/mol. The van der Waals surface area contributed by atoms with Crippen molar-refractivity contribution in [3.8, 4) is 11.5 Å². The average molecular weight is 381 g/mol.